The van der Waals surface area contributed by atoms with Gasteiger partial charge >= 0.3 is 12.2 Å². The third kappa shape index (κ3) is 16.4. The van der Waals surface area contributed by atoms with Crippen LogP contribution in [0.1, 0.15) is 101 Å². The number of unbranched alkanes of at least 4 members (excludes halogenated alkanes) is 4. The first kappa shape index (κ1) is 46.7. The van der Waals surface area contributed by atoms with Crippen molar-refractivity contribution >= 4 is 29.9 Å². The highest BCUT2D eigenvalue weighted by molar-refractivity contribution is 5.99. The standard InChI is InChI=1S/C49H62N4O7/c1-39(46(56)53(38-43-29-17-8-18-30-43)45(55)32-20-9-21-33-50(47(57)58)35-40-23-11-5-12-24-40)52(37-42-27-15-7-16-28-42)44(54)31-19-10-22-34-51(48(59)60-49(2,3)4)36-41-25-13-6-14-26-41/h5-8,11-18,23-30,39H,9-10,19-22,31-38H2,1-4H3,(H,57,58). The molecule has 0 fully saturated rings. The smallest absolute Gasteiger partial charge is 0.410 e. The van der Waals surface area contributed by atoms with E-state index in [1.54, 1.807) is 16.7 Å². The van der Waals surface area contributed by atoms with Crippen LogP contribution in [0.3, 0.4) is 0 Å². The summed E-state index contributed by atoms with van der Waals surface area (Å²) in [6, 6.07) is 37.0. The summed E-state index contributed by atoms with van der Waals surface area (Å²) in [5.74, 6) is -0.993. The minimum Gasteiger partial charge on any atom is -0.465 e. The van der Waals surface area contributed by atoms with Crippen LogP contribution in [0, 0.1) is 0 Å². The second-order valence-electron chi connectivity index (χ2n) is 16.2. The van der Waals surface area contributed by atoms with Crippen LogP contribution in [0.15, 0.2) is 121 Å². The molecule has 0 aromatic heterocycles. The zero-order valence-electron chi connectivity index (χ0n) is 35.7. The van der Waals surface area contributed by atoms with Crippen LogP contribution >= 0.6 is 0 Å². The van der Waals surface area contributed by atoms with Crippen molar-refractivity contribution in [1.29, 1.82) is 0 Å². The van der Waals surface area contributed by atoms with Crippen molar-refractivity contribution in [3.63, 3.8) is 0 Å². The molecule has 1 unspecified atom stereocenters. The van der Waals surface area contributed by atoms with Gasteiger partial charge < -0.3 is 24.5 Å². The van der Waals surface area contributed by atoms with E-state index in [0.29, 0.717) is 58.2 Å². The molecule has 1 atom stereocenters. The number of benzene rings is 4. The summed E-state index contributed by atoms with van der Waals surface area (Å²) in [5, 5.41) is 9.75. The van der Waals surface area contributed by atoms with Gasteiger partial charge in [-0.05, 0) is 75.6 Å². The highest BCUT2D eigenvalue weighted by Crippen LogP contribution is 2.19. The van der Waals surface area contributed by atoms with Crippen LogP contribution in [-0.2, 0) is 45.3 Å². The molecule has 11 heteroatoms. The predicted octanol–water partition coefficient (Wildman–Crippen LogP) is 9.70. The maximum Gasteiger partial charge on any atom is 0.410 e. The van der Waals surface area contributed by atoms with Crippen molar-refractivity contribution in [2.45, 2.75) is 117 Å². The van der Waals surface area contributed by atoms with E-state index in [9.17, 15) is 29.1 Å². The van der Waals surface area contributed by atoms with E-state index < -0.39 is 23.6 Å². The van der Waals surface area contributed by atoms with Crippen LogP contribution < -0.4 is 0 Å². The topological polar surface area (TPSA) is 128 Å². The molecule has 11 nitrogen and oxygen atoms in total. The van der Waals surface area contributed by atoms with Crippen LogP contribution in [-0.4, -0.2) is 79.3 Å². The van der Waals surface area contributed by atoms with E-state index in [-0.39, 0.29) is 50.4 Å². The van der Waals surface area contributed by atoms with Crippen molar-refractivity contribution in [1.82, 2.24) is 19.6 Å². The lowest BCUT2D eigenvalue weighted by Crippen LogP contribution is -2.50. The van der Waals surface area contributed by atoms with Crippen molar-refractivity contribution in [3.8, 4) is 0 Å². The van der Waals surface area contributed by atoms with Crippen molar-refractivity contribution in [3.05, 3.63) is 144 Å². The van der Waals surface area contributed by atoms with E-state index in [1.165, 1.54) is 9.80 Å². The molecular weight excluding hydrogens is 757 g/mol. The average molecular weight is 819 g/mol. The van der Waals surface area contributed by atoms with Gasteiger partial charge in [0.2, 0.25) is 11.8 Å². The molecule has 0 aliphatic rings. The summed E-state index contributed by atoms with van der Waals surface area (Å²) in [6.45, 7) is 8.96. The molecule has 4 aromatic rings. The van der Waals surface area contributed by atoms with Crippen LogP contribution in [0.4, 0.5) is 9.59 Å². The quantitative estimate of drug-likeness (QED) is 0.0783. The number of carbonyl (C=O) groups excluding carboxylic acids is 4. The Morgan fingerprint density at radius 1 is 0.533 bits per heavy atom. The normalized spacial score (nSPS) is 11.6. The molecule has 0 radical (unpaired) electrons. The molecule has 5 amide bonds. The molecule has 0 aliphatic heterocycles. The van der Waals surface area contributed by atoms with Gasteiger partial charge in [0.1, 0.15) is 11.6 Å². The van der Waals surface area contributed by atoms with Gasteiger partial charge in [-0.25, -0.2) is 9.59 Å². The molecule has 0 bridgehead atoms. The monoisotopic (exact) mass is 818 g/mol. The summed E-state index contributed by atoms with van der Waals surface area (Å²) in [4.78, 5) is 73.3. The number of carboxylic acid groups (broad SMARTS) is 1. The molecule has 4 rings (SSSR count). The van der Waals surface area contributed by atoms with Crippen molar-refractivity contribution < 1.29 is 33.8 Å². The minimum atomic E-state index is -0.998. The third-order valence-electron chi connectivity index (χ3n) is 10.1. The first-order valence-electron chi connectivity index (χ1n) is 21.1. The first-order chi connectivity index (χ1) is 28.8. The molecule has 0 saturated carbocycles. The van der Waals surface area contributed by atoms with Gasteiger partial charge in [-0.3, -0.25) is 19.3 Å². The molecule has 0 saturated heterocycles. The summed E-state index contributed by atoms with van der Waals surface area (Å²) in [6.07, 6.45) is 2.46. The van der Waals surface area contributed by atoms with Crippen LogP contribution in [0.2, 0.25) is 0 Å². The number of carbonyl (C=O) groups is 5. The van der Waals surface area contributed by atoms with Gasteiger partial charge in [0.05, 0.1) is 6.54 Å². The Kier molecular flexibility index (Phi) is 18.8. The lowest BCUT2D eigenvalue weighted by Gasteiger charge is -2.32. The Labute approximate surface area is 355 Å². The molecular formula is C49H62N4O7. The lowest BCUT2D eigenvalue weighted by molar-refractivity contribution is -0.153. The lowest BCUT2D eigenvalue weighted by atomic mass is 10.1. The number of hydrogen-bond donors (Lipinski definition) is 1. The fraction of sp³-hybridized carbons (Fsp3) is 0.408. The Morgan fingerprint density at radius 3 is 1.38 bits per heavy atom. The number of amides is 5. The number of rotatable bonds is 22. The number of hydrogen-bond acceptors (Lipinski definition) is 6. The van der Waals surface area contributed by atoms with Crippen molar-refractivity contribution in [2.24, 2.45) is 0 Å². The SMILES string of the molecule is CC(C(=O)N(Cc1ccccc1)C(=O)CCCCCN(Cc1ccccc1)C(=O)O)N(Cc1ccccc1)C(=O)CCCCCN(Cc1ccccc1)C(=O)OC(C)(C)C. The molecule has 60 heavy (non-hydrogen) atoms. The fourth-order valence-electron chi connectivity index (χ4n) is 6.84. The van der Waals surface area contributed by atoms with E-state index in [1.807, 2.05) is 142 Å². The summed E-state index contributed by atoms with van der Waals surface area (Å²) in [7, 11) is 0. The maximum atomic E-state index is 14.4. The average Bonchev–Trinajstić information content (AvgIpc) is 3.23. The van der Waals surface area contributed by atoms with Gasteiger partial charge in [-0.1, -0.05) is 134 Å². The van der Waals surface area contributed by atoms with Gasteiger partial charge in [-0.2, -0.15) is 0 Å². The second-order valence-corrected chi connectivity index (χ2v) is 16.2. The fourth-order valence-corrected chi connectivity index (χ4v) is 6.84. The highest BCUT2D eigenvalue weighted by atomic mass is 16.6. The zero-order valence-corrected chi connectivity index (χ0v) is 35.7. The largest absolute Gasteiger partial charge is 0.465 e. The minimum absolute atomic E-state index is 0.0667. The number of nitrogens with zero attached hydrogens (tertiary/aromatic N) is 4. The second kappa shape index (κ2) is 24.2. The molecule has 0 aliphatic carbocycles. The Morgan fingerprint density at radius 2 is 0.933 bits per heavy atom. The van der Waals surface area contributed by atoms with Crippen molar-refractivity contribution in [2.75, 3.05) is 13.1 Å². The predicted molar refractivity (Wildman–Crippen MR) is 233 cm³/mol. The van der Waals surface area contributed by atoms with Crippen LogP contribution in [0.5, 0.6) is 0 Å². The van der Waals surface area contributed by atoms with Crippen LogP contribution in [0.25, 0.3) is 0 Å². The summed E-state index contributed by atoms with van der Waals surface area (Å²) >= 11 is 0. The Hall–Kier alpha value is -5.97. The third-order valence-corrected chi connectivity index (χ3v) is 10.1. The van der Waals surface area contributed by atoms with Gasteiger partial charge in [-0.15, -0.1) is 0 Å². The summed E-state index contributed by atoms with van der Waals surface area (Å²) < 4.78 is 5.69. The number of ether oxygens (including phenoxy) is 1. The van der Waals surface area contributed by atoms with E-state index >= 15 is 0 Å². The maximum absolute atomic E-state index is 14.4. The van der Waals surface area contributed by atoms with E-state index in [0.717, 1.165) is 22.3 Å². The van der Waals surface area contributed by atoms with Gasteiger partial charge in [0, 0.05) is 45.6 Å². The molecule has 1 N–H and O–H groups in total. The molecule has 320 valence electrons. The van der Waals surface area contributed by atoms with Gasteiger partial charge in [0.25, 0.3) is 5.91 Å². The molecule has 0 heterocycles. The van der Waals surface area contributed by atoms with Gasteiger partial charge in [0.15, 0.2) is 0 Å². The molecule has 0 spiro atoms. The Bertz CT molecular complexity index is 1920. The van der Waals surface area contributed by atoms with E-state index in [4.69, 9.17) is 4.74 Å². The summed E-state index contributed by atoms with van der Waals surface area (Å²) in [5.41, 5.74) is 2.92. The number of imide groups is 1. The highest BCUT2D eigenvalue weighted by Gasteiger charge is 2.32. The molecule has 4 aromatic carbocycles. The zero-order chi connectivity index (χ0) is 43.3. The first-order valence-corrected chi connectivity index (χ1v) is 21.1. The van der Waals surface area contributed by atoms with E-state index in [2.05, 4.69) is 0 Å². The Balaban J connectivity index is 1.39.